The van der Waals surface area contributed by atoms with Crippen molar-refractivity contribution in [1.82, 2.24) is 20.2 Å². The van der Waals surface area contributed by atoms with E-state index in [0.717, 1.165) is 24.2 Å². The molecular formula is C21H16N6O. The second-order valence-electron chi connectivity index (χ2n) is 6.54. The van der Waals surface area contributed by atoms with E-state index in [1.807, 2.05) is 36.5 Å². The maximum absolute atomic E-state index is 12.8. The maximum atomic E-state index is 12.8. The van der Waals surface area contributed by atoms with Gasteiger partial charge in [0.15, 0.2) is 5.82 Å². The summed E-state index contributed by atoms with van der Waals surface area (Å²) in [4.78, 5) is 26.1. The molecule has 1 aliphatic heterocycles. The number of carbonyl (C=O) groups excluding carboxylic acids is 1. The second-order valence-corrected chi connectivity index (χ2v) is 6.54. The molecule has 136 valence electrons. The number of aromatic amines is 1. The lowest BCUT2D eigenvalue weighted by atomic mass is 10.0. The Bertz CT molecular complexity index is 1210. The summed E-state index contributed by atoms with van der Waals surface area (Å²) in [6.07, 6.45) is 5.47. The van der Waals surface area contributed by atoms with Crippen LogP contribution in [0.1, 0.15) is 28.2 Å². The summed E-state index contributed by atoms with van der Waals surface area (Å²) >= 11 is 0. The fourth-order valence-electron chi connectivity index (χ4n) is 3.24. The molecule has 2 aromatic carbocycles. The van der Waals surface area contributed by atoms with Crippen molar-refractivity contribution in [2.45, 2.75) is 12.8 Å². The number of hydrogen-bond acceptors (Lipinski definition) is 6. The van der Waals surface area contributed by atoms with Gasteiger partial charge < -0.3 is 5.32 Å². The van der Waals surface area contributed by atoms with Crippen LogP contribution < -0.4 is 5.32 Å². The van der Waals surface area contributed by atoms with Gasteiger partial charge >= 0.3 is 0 Å². The van der Waals surface area contributed by atoms with Crippen molar-refractivity contribution >= 4 is 40.2 Å². The lowest BCUT2D eigenvalue weighted by molar-refractivity contribution is 0.103. The van der Waals surface area contributed by atoms with E-state index in [4.69, 9.17) is 0 Å². The summed E-state index contributed by atoms with van der Waals surface area (Å²) in [5, 5.41) is 10.2. The average molecular weight is 368 g/mol. The van der Waals surface area contributed by atoms with E-state index < -0.39 is 0 Å². The molecule has 0 saturated carbocycles. The Labute approximate surface area is 160 Å². The summed E-state index contributed by atoms with van der Waals surface area (Å²) in [6.45, 7) is 0. The first kappa shape index (κ1) is 16.3. The van der Waals surface area contributed by atoms with Crippen molar-refractivity contribution in [2.24, 2.45) is 4.99 Å². The Morgan fingerprint density at radius 3 is 2.86 bits per heavy atom. The maximum Gasteiger partial charge on any atom is 0.230 e. The first-order chi connectivity index (χ1) is 13.8. The monoisotopic (exact) mass is 368 g/mol. The SMILES string of the molecule is O=C(c1ccccc1)c1nc(Nc2ccc3c(c2)N=CCC3)c2[nH]ncc2n1. The van der Waals surface area contributed by atoms with Gasteiger partial charge in [0.05, 0.1) is 11.9 Å². The topological polar surface area (TPSA) is 95.9 Å². The number of ketones is 1. The number of rotatable bonds is 4. The standard InChI is InChI=1S/C21H16N6O/c28-19(14-5-2-1-3-6-14)21-25-17-12-23-27-18(17)20(26-21)24-15-9-8-13-7-4-10-22-16(13)11-15/h1-3,5-6,8-12H,4,7H2,(H,23,27)(H,24,25,26). The van der Waals surface area contributed by atoms with Crippen molar-refractivity contribution in [3.05, 3.63) is 71.7 Å². The van der Waals surface area contributed by atoms with Crippen LogP contribution in [0.2, 0.25) is 0 Å². The van der Waals surface area contributed by atoms with Crippen LogP contribution in [-0.4, -0.2) is 32.2 Å². The largest absolute Gasteiger partial charge is 0.338 e. The van der Waals surface area contributed by atoms with E-state index >= 15 is 0 Å². The Morgan fingerprint density at radius 1 is 1.07 bits per heavy atom. The minimum atomic E-state index is -0.234. The summed E-state index contributed by atoms with van der Waals surface area (Å²) in [5.41, 5.74) is 4.78. The predicted molar refractivity (Wildman–Crippen MR) is 108 cm³/mol. The van der Waals surface area contributed by atoms with Crippen LogP contribution in [0.3, 0.4) is 0 Å². The van der Waals surface area contributed by atoms with E-state index in [9.17, 15) is 4.79 Å². The molecule has 0 unspecified atom stereocenters. The van der Waals surface area contributed by atoms with E-state index in [2.05, 4.69) is 36.5 Å². The molecule has 7 nitrogen and oxygen atoms in total. The summed E-state index contributed by atoms with van der Waals surface area (Å²) in [5.74, 6) is 0.391. The number of aryl methyl sites for hydroxylation is 1. The average Bonchev–Trinajstić information content (AvgIpc) is 3.23. The van der Waals surface area contributed by atoms with Gasteiger partial charge in [-0.15, -0.1) is 0 Å². The Kier molecular flexibility index (Phi) is 3.90. The first-order valence-electron chi connectivity index (χ1n) is 9.01. The Hall–Kier alpha value is -3.87. The number of H-pyrrole nitrogens is 1. The quantitative estimate of drug-likeness (QED) is 0.531. The number of carbonyl (C=O) groups is 1. The molecule has 0 amide bonds. The zero-order valence-electron chi connectivity index (χ0n) is 14.9. The van der Waals surface area contributed by atoms with E-state index in [1.54, 1.807) is 18.3 Å². The zero-order chi connectivity index (χ0) is 18.9. The third kappa shape index (κ3) is 2.92. The minimum absolute atomic E-state index is 0.124. The molecule has 0 saturated heterocycles. The number of aliphatic imine (C=N–C) groups is 1. The molecule has 2 N–H and O–H groups in total. The van der Waals surface area contributed by atoms with Crippen LogP contribution in [0.5, 0.6) is 0 Å². The molecule has 0 bridgehead atoms. The number of fused-ring (bicyclic) bond motifs is 2. The van der Waals surface area contributed by atoms with Crippen LogP contribution in [0.4, 0.5) is 17.2 Å². The second kappa shape index (κ2) is 6.70. The van der Waals surface area contributed by atoms with Gasteiger partial charge in [-0.1, -0.05) is 36.4 Å². The molecule has 4 aromatic rings. The lowest BCUT2D eigenvalue weighted by Crippen LogP contribution is -2.09. The highest BCUT2D eigenvalue weighted by Gasteiger charge is 2.17. The van der Waals surface area contributed by atoms with Crippen LogP contribution >= 0.6 is 0 Å². The summed E-state index contributed by atoms with van der Waals surface area (Å²) in [6, 6.07) is 15.0. The van der Waals surface area contributed by atoms with Crippen molar-refractivity contribution in [3.63, 3.8) is 0 Å². The van der Waals surface area contributed by atoms with Gasteiger partial charge in [0.25, 0.3) is 0 Å². The zero-order valence-corrected chi connectivity index (χ0v) is 14.9. The van der Waals surface area contributed by atoms with Gasteiger partial charge in [0.1, 0.15) is 11.0 Å². The van der Waals surface area contributed by atoms with E-state index in [-0.39, 0.29) is 11.6 Å². The Balaban J connectivity index is 1.55. The fourth-order valence-corrected chi connectivity index (χ4v) is 3.24. The molecule has 5 rings (SSSR count). The van der Waals surface area contributed by atoms with Crippen LogP contribution in [-0.2, 0) is 6.42 Å². The van der Waals surface area contributed by atoms with Crippen LogP contribution in [0.15, 0.2) is 59.7 Å². The molecule has 1 aliphatic rings. The van der Waals surface area contributed by atoms with Crippen LogP contribution in [0, 0.1) is 0 Å². The fraction of sp³-hybridized carbons (Fsp3) is 0.0952. The van der Waals surface area contributed by atoms with E-state index in [0.29, 0.717) is 22.4 Å². The third-order valence-electron chi connectivity index (χ3n) is 4.66. The van der Waals surface area contributed by atoms with Gasteiger partial charge in [-0.25, -0.2) is 9.97 Å². The highest BCUT2D eigenvalue weighted by atomic mass is 16.1. The number of nitrogens with zero attached hydrogens (tertiary/aromatic N) is 4. The normalized spacial score (nSPS) is 12.7. The molecule has 2 aromatic heterocycles. The smallest absolute Gasteiger partial charge is 0.230 e. The third-order valence-corrected chi connectivity index (χ3v) is 4.66. The van der Waals surface area contributed by atoms with E-state index in [1.165, 1.54) is 5.56 Å². The van der Waals surface area contributed by atoms with Gasteiger partial charge in [-0.05, 0) is 30.5 Å². The predicted octanol–water partition coefficient (Wildman–Crippen LogP) is 3.98. The molecule has 7 heteroatoms. The summed E-state index contributed by atoms with van der Waals surface area (Å²) < 4.78 is 0. The Morgan fingerprint density at radius 2 is 1.96 bits per heavy atom. The number of aromatic nitrogens is 4. The molecule has 0 fully saturated rings. The number of hydrogen-bond donors (Lipinski definition) is 2. The van der Waals surface area contributed by atoms with Gasteiger partial charge in [0, 0.05) is 17.5 Å². The molecule has 3 heterocycles. The summed E-state index contributed by atoms with van der Waals surface area (Å²) in [7, 11) is 0. The highest BCUT2D eigenvalue weighted by molar-refractivity contribution is 6.07. The lowest BCUT2D eigenvalue weighted by Gasteiger charge is -2.13. The molecular weight excluding hydrogens is 352 g/mol. The van der Waals surface area contributed by atoms with Gasteiger partial charge in [0.2, 0.25) is 11.6 Å². The highest BCUT2D eigenvalue weighted by Crippen LogP contribution is 2.30. The number of nitrogens with one attached hydrogen (secondary N) is 2. The molecule has 0 atom stereocenters. The molecule has 28 heavy (non-hydrogen) atoms. The molecule has 0 aliphatic carbocycles. The van der Waals surface area contributed by atoms with Crippen molar-refractivity contribution in [3.8, 4) is 0 Å². The molecule has 0 radical (unpaired) electrons. The number of benzene rings is 2. The first-order valence-corrected chi connectivity index (χ1v) is 9.01. The minimum Gasteiger partial charge on any atom is -0.338 e. The van der Waals surface area contributed by atoms with Crippen molar-refractivity contribution in [1.29, 1.82) is 0 Å². The van der Waals surface area contributed by atoms with Crippen LogP contribution in [0.25, 0.3) is 11.0 Å². The van der Waals surface area contributed by atoms with Crippen molar-refractivity contribution in [2.75, 3.05) is 5.32 Å². The van der Waals surface area contributed by atoms with Gasteiger partial charge in [-0.2, -0.15) is 5.10 Å². The molecule has 0 spiro atoms. The van der Waals surface area contributed by atoms with Crippen molar-refractivity contribution < 1.29 is 4.79 Å². The van der Waals surface area contributed by atoms with Gasteiger partial charge in [-0.3, -0.25) is 14.9 Å². The number of anilines is 2.